The Hall–Kier alpha value is -4.51. The molecule has 0 unspecified atom stereocenters. The fourth-order valence-corrected chi connectivity index (χ4v) is 5.18. The van der Waals surface area contributed by atoms with E-state index in [1.165, 1.54) is 12.3 Å². The number of para-hydroxylation sites is 1. The third kappa shape index (κ3) is 5.08. The van der Waals surface area contributed by atoms with E-state index in [2.05, 4.69) is 28.2 Å². The molecule has 4 nitrogen and oxygen atoms in total. The van der Waals surface area contributed by atoms with E-state index in [9.17, 15) is 0 Å². The average Bonchev–Trinajstić information content (AvgIpc) is 3.05. The molecule has 4 heterocycles. The van der Waals surface area contributed by atoms with Gasteiger partial charge in [-0.2, -0.15) is 0 Å². The Morgan fingerprint density at radius 2 is 1.49 bits per heavy atom. The van der Waals surface area contributed by atoms with Crippen LogP contribution in [0.25, 0.3) is 22.5 Å². The number of hydrogen-bond acceptors (Lipinski definition) is 4. The zero-order valence-corrected chi connectivity index (χ0v) is 24.1. The molecule has 0 spiro atoms. The number of aryl methyl sites for hydroxylation is 1. The Kier molecular flexibility index (Phi) is 6.54. The van der Waals surface area contributed by atoms with Crippen molar-refractivity contribution in [1.29, 1.82) is 0 Å². The van der Waals surface area contributed by atoms with E-state index < -0.39 is 6.85 Å². The van der Waals surface area contributed by atoms with Crippen molar-refractivity contribution in [3.8, 4) is 45.5 Å². The maximum Gasteiger partial charge on any atom is 0.241 e. The molecule has 1 radical (unpaired) electrons. The minimum atomic E-state index is -2.21. The quantitative estimate of drug-likeness (QED) is 0.160. The smallest absolute Gasteiger partial charge is 0.241 e. The molecule has 0 fully saturated rings. The zero-order chi connectivity index (χ0) is 29.4. The Bertz CT molecular complexity index is 1900. The summed E-state index contributed by atoms with van der Waals surface area (Å²) in [4.78, 5) is 8.65. The van der Waals surface area contributed by atoms with Crippen molar-refractivity contribution >= 4 is 23.1 Å². The molecule has 6 aromatic rings. The van der Waals surface area contributed by atoms with Gasteiger partial charge in [0.05, 0.1) is 0 Å². The average molecular weight is 710 g/mol. The van der Waals surface area contributed by atoms with Crippen LogP contribution in [-0.2, 0) is 20.1 Å². The first-order valence-corrected chi connectivity index (χ1v) is 12.9. The van der Waals surface area contributed by atoms with Gasteiger partial charge in [0.25, 0.3) is 0 Å². The van der Waals surface area contributed by atoms with Crippen LogP contribution in [0.5, 0.6) is 23.0 Å². The van der Waals surface area contributed by atoms with Crippen molar-refractivity contribution in [2.24, 2.45) is 0 Å². The maximum atomic E-state index is 7.74. The van der Waals surface area contributed by atoms with Crippen molar-refractivity contribution in [2.75, 3.05) is 0 Å². The van der Waals surface area contributed by atoms with Crippen LogP contribution in [0.1, 0.15) is 9.68 Å². The summed E-state index contributed by atoms with van der Waals surface area (Å²) in [6.45, 7) is -2.27. The Balaban J connectivity index is 0.000000222. The van der Waals surface area contributed by atoms with Crippen LogP contribution >= 0.6 is 0 Å². The third-order valence-electron chi connectivity index (χ3n) is 6.93. The molecular formula is C35H23BIrN2O2-2. The number of aromatic nitrogens is 2. The van der Waals surface area contributed by atoms with Gasteiger partial charge in [-0.15, -0.1) is 59.6 Å². The van der Waals surface area contributed by atoms with Gasteiger partial charge in [-0.3, -0.25) is 0 Å². The van der Waals surface area contributed by atoms with Gasteiger partial charge in [0, 0.05) is 47.8 Å². The Morgan fingerprint density at radius 3 is 2.32 bits per heavy atom. The van der Waals surface area contributed by atoms with Gasteiger partial charge in [-0.05, 0) is 54.0 Å². The summed E-state index contributed by atoms with van der Waals surface area (Å²) in [7, 11) is 0. The number of benzene rings is 4. The molecule has 0 atom stereocenters. The van der Waals surface area contributed by atoms with Crippen LogP contribution in [0.15, 0.2) is 122 Å². The monoisotopic (exact) mass is 710 g/mol. The molecule has 0 saturated carbocycles. The number of nitrogens with zero attached hydrogens (tertiary/aromatic N) is 2. The normalized spacial score (nSPS) is 13.1. The molecule has 2 aliphatic rings. The van der Waals surface area contributed by atoms with Gasteiger partial charge >= 0.3 is 0 Å². The van der Waals surface area contributed by atoms with Gasteiger partial charge in [0.1, 0.15) is 17.2 Å². The third-order valence-corrected chi connectivity index (χ3v) is 6.93. The summed E-state index contributed by atoms with van der Waals surface area (Å²) in [6, 6.07) is 40.8. The predicted octanol–water partition coefficient (Wildman–Crippen LogP) is 6.13. The van der Waals surface area contributed by atoms with Crippen molar-refractivity contribution in [2.45, 2.75) is 6.85 Å². The number of ether oxygens (including phenoxy) is 2. The van der Waals surface area contributed by atoms with Gasteiger partial charge < -0.3 is 19.4 Å². The van der Waals surface area contributed by atoms with E-state index in [1.807, 2.05) is 91.0 Å². The second kappa shape index (κ2) is 11.5. The van der Waals surface area contributed by atoms with E-state index in [1.54, 1.807) is 12.3 Å². The van der Waals surface area contributed by atoms with E-state index in [0.29, 0.717) is 17.0 Å². The van der Waals surface area contributed by atoms with Crippen LogP contribution in [0.4, 0.5) is 0 Å². The van der Waals surface area contributed by atoms with Crippen molar-refractivity contribution < 1.29 is 33.7 Å². The molecule has 6 heteroatoms. The number of pyridine rings is 2. The molecule has 4 aromatic carbocycles. The first-order chi connectivity index (χ1) is 21.0. The fourth-order valence-electron chi connectivity index (χ4n) is 5.18. The van der Waals surface area contributed by atoms with E-state index in [-0.39, 0.29) is 32.4 Å². The molecule has 41 heavy (non-hydrogen) atoms. The summed E-state index contributed by atoms with van der Waals surface area (Å²) in [5.41, 5.74) is 6.44. The summed E-state index contributed by atoms with van der Waals surface area (Å²) < 4.78 is 35.7. The number of hydrogen-bond donors (Lipinski definition) is 0. The molecule has 0 amide bonds. The van der Waals surface area contributed by atoms with E-state index in [4.69, 9.17) is 13.6 Å². The molecule has 0 N–H and O–H groups in total. The zero-order valence-electron chi connectivity index (χ0n) is 24.7. The minimum absolute atomic E-state index is 0. The van der Waals surface area contributed by atoms with Gasteiger partial charge in [-0.1, -0.05) is 53.6 Å². The number of fused-ring (bicyclic) bond motifs is 4. The summed E-state index contributed by atoms with van der Waals surface area (Å²) >= 11 is 0. The SMILES string of the molecule is [2H]C([2H])([2H])c1ccnc(-c2[c-]ccc3c2Oc2cccc4c2B3c2ccccc2O4)c1.[Ir].[c-]1ccccc1-c1ccccn1. The van der Waals surface area contributed by atoms with Crippen LogP contribution < -0.4 is 25.9 Å². The standard InChI is InChI=1S/C24H15BNO2.C11H8N.Ir/c1-15-12-13-26-19(14-15)16-6-4-8-18-24(16)28-22-11-5-10-21-23(22)25(18)17-7-2-3-9-20(17)27-21;1-2-6-10(7-3-1)11-8-4-5-9-12-11;/h2-5,7-14H,1H3;1-6,8-9H;/q2*-1;/i1D3;;. The predicted molar refractivity (Wildman–Crippen MR) is 159 cm³/mol. The van der Waals surface area contributed by atoms with Crippen molar-refractivity contribution in [3.05, 3.63) is 139 Å². The van der Waals surface area contributed by atoms with E-state index in [0.717, 1.165) is 44.9 Å². The van der Waals surface area contributed by atoms with Crippen molar-refractivity contribution in [1.82, 2.24) is 9.97 Å². The molecule has 0 saturated heterocycles. The topological polar surface area (TPSA) is 44.2 Å². The molecular weight excluding hydrogens is 683 g/mol. The van der Waals surface area contributed by atoms with Gasteiger partial charge in [0.15, 0.2) is 0 Å². The second-order valence-electron chi connectivity index (χ2n) is 9.40. The van der Waals surface area contributed by atoms with Crippen LogP contribution in [-0.4, -0.2) is 16.7 Å². The fraction of sp³-hybridized carbons (Fsp3) is 0.0286. The maximum absolute atomic E-state index is 7.74. The number of rotatable bonds is 2. The molecule has 199 valence electrons. The second-order valence-corrected chi connectivity index (χ2v) is 9.40. The molecule has 2 aromatic heterocycles. The molecule has 2 aliphatic heterocycles. The molecule has 0 bridgehead atoms. The molecule has 0 aliphatic carbocycles. The minimum Gasteiger partial charge on any atom is -0.503 e. The van der Waals surface area contributed by atoms with E-state index >= 15 is 0 Å². The summed E-state index contributed by atoms with van der Waals surface area (Å²) in [5, 5.41) is 0. The molecule has 8 rings (SSSR count). The summed E-state index contributed by atoms with van der Waals surface area (Å²) in [5.74, 6) is 2.96. The Labute approximate surface area is 257 Å². The Morgan fingerprint density at radius 1 is 0.683 bits per heavy atom. The first kappa shape index (κ1) is 23.2. The van der Waals surface area contributed by atoms with Gasteiger partial charge in [0.2, 0.25) is 6.71 Å². The van der Waals surface area contributed by atoms with Crippen LogP contribution in [0.2, 0.25) is 0 Å². The van der Waals surface area contributed by atoms with Crippen LogP contribution in [0.3, 0.4) is 0 Å². The first-order valence-electron chi connectivity index (χ1n) is 14.4. The van der Waals surface area contributed by atoms with Crippen LogP contribution in [0, 0.1) is 19.0 Å². The van der Waals surface area contributed by atoms with Gasteiger partial charge in [-0.25, -0.2) is 0 Å². The van der Waals surface area contributed by atoms with Crippen molar-refractivity contribution in [3.63, 3.8) is 0 Å². The largest absolute Gasteiger partial charge is 0.503 e. The summed E-state index contributed by atoms with van der Waals surface area (Å²) in [6.07, 6.45) is 3.30.